The fraction of sp³-hybridized carbons (Fsp3) is 0.381. The molecule has 2 aromatic carbocycles. The van der Waals surface area contributed by atoms with E-state index in [0.717, 1.165) is 18.8 Å². The number of amides is 1. The van der Waals surface area contributed by atoms with Crippen LogP contribution >= 0.6 is 11.6 Å². The van der Waals surface area contributed by atoms with Crippen molar-refractivity contribution in [2.24, 2.45) is 0 Å². The van der Waals surface area contributed by atoms with Gasteiger partial charge in [0.05, 0.1) is 5.02 Å². The minimum absolute atomic E-state index is 0.0543. The van der Waals surface area contributed by atoms with E-state index in [1.807, 2.05) is 24.3 Å². The van der Waals surface area contributed by atoms with Crippen LogP contribution in [0.15, 0.2) is 47.4 Å². The van der Waals surface area contributed by atoms with Crippen LogP contribution in [0.3, 0.4) is 0 Å². The molecule has 156 valence electrons. The van der Waals surface area contributed by atoms with Gasteiger partial charge in [0.1, 0.15) is 4.90 Å². The second kappa shape index (κ2) is 9.15. The number of anilines is 2. The van der Waals surface area contributed by atoms with Gasteiger partial charge in [0.15, 0.2) is 0 Å². The molecule has 1 aliphatic heterocycles. The molecular formula is C21H26ClN3O3S. The normalized spacial score (nSPS) is 14.4. The van der Waals surface area contributed by atoms with E-state index in [4.69, 9.17) is 11.6 Å². The maximum atomic E-state index is 12.8. The first-order valence-electron chi connectivity index (χ1n) is 9.83. The van der Waals surface area contributed by atoms with Crippen molar-refractivity contribution in [1.82, 2.24) is 4.31 Å². The van der Waals surface area contributed by atoms with Crippen molar-refractivity contribution in [3.63, 3.8) is 0 Å². The molecule has 1 saturated heterocycles. The van der Waals surface area contributed by atoms with E-state index in [1.54, 1.807) is 13.8 Å². The first-order chi connectivity index (χ1) is 13.9. The van der Waals surface area contributed by atoms with E-state index in [1.165, 1.54) is 35.3 Å². The minimum Gasteiger partial charge on any atom is -0.371 e. The Balaban J connectivity index is 1.84. The molecule has 3 rings (SSSR count). The number of carbonyl (C=O) groups excluding carboxylic acids is 1. The van der Waals surface area contributed by atoms with Gasteiger partial charge in [-0.3, -0.25) is 4.79 Å². The number of benzene rings is 2. The first-order valence-corrected chi connectivity index (χ1v) is 11.6. The van der Waals surface area contributed by atoms with Crippen LogP contribution in [0.1, 0.15) is 37.0 Å². The molecule has 0 unspecified atom stereocenters. The number of halogens is 1. The highest BCUT2D eigenvalue weighted by Crippen LogP contribution is 2.27. The Kier molecular flexibility index (Phi) is 6.82. The third-order valence-corrected chi connectivity index (χ3v) is 7.62. The average Bonchev–Trinajstić information content (AvgIpc) is 3.24. The monoisotopic (exact) mass is 435 g/mol. The Bertz CT molecular complexity index is 984. The molecule has 1 aliphatic rings. The standard InChI is InChI=1S/C21H26ClN3O3S/c1-3-25(4-2)29(27,28)20-14-16(10-11-19(20)22)21(26)23-17-8-7-9-18(15-17)24-12-5-6-13-24/h7-11,14-15H,3-6,12-13H2,1-2H3,(H,23,26). The van der Waals surface area contributed by atoms with E-state index < -0.39 is 10.0 Å². The highest BCUT2D eigenvalue weighted by molar-refractivity contribution is 7.89. The van der Waals surface area contributed by atoms with Gasteiger partial charge in [-0.05, 0) is 49.2 Å². The maximum Gasteiger partial charge on any atom is 0.255 e. The number of carbonyl (C=O) groups is 1. The number of hydrogen-bond acceptors (Lipinski definition) is 4. The summed E-state index contributed by atoms with van der Waals surface area (Å²) in [4.78, 5) is 15.0. The zero-order valence-corrected chi connectivity index (χ0v) is 18.3. The van der Waals surface area contributed by atoms with Crippen molar-refractivity contribution in [1.29, 1.82) is 0 Å². The highest BCUT2D eigenvalue weighted by atomic mass is 35.5. The largest absolute Gasteiger partial charge is 0.371 e. The van der Waals surface area contributed by atoms with Gasteiger partial charge >= 0.3 is 0 Å². The van der Waals surface area contributed by atoms with Crippen LogP contribution in [0.2, 0.25) is 5.02 Å². The lowest BCUT2D eigenvalue weighted by molar-refractivity contribution is 0.102. The Morgan fingerprint density at radius 2 is 1.79 bits per heavy atom. The Labute approximate surface area is 177 Å². The third kappa shape index (κ3) is 4.74. The second-order valence-corrected chi connectivity index (χ2v) is 9.25. The summed E-state index contributed by atoms with van der Waals surface area (Å²) in [5, 5.41) is 2.96. The van der Waals surface area contributed by atoms with Gasteiger partial charge in [-0.2, -0.15) is 4.31 Å². The van der Waals surface area contributed by atoms with Crippen molar-refractivity contribution in [2.45, 2.75) is 31.6 Å². The smallest absolute Gasteiger partial charge is 0.255 e. The molecule has 6 nitrogen and oxygen atoms in total. The molecule has 1 N–H and O–H groups in total. The quantitative estimate of drug-likeness (QED) is 0.706. The van der Waals surface area contributed by atoms with Crippen molar-refractivity contribution < 1.29 is 13.2 Å². The zero-order chi connectivity index (χ0) is 21.0. The van der Waals surface area contributed by atoms with Gasteiger partial charge in [-0.15, -0.1) is 0 Å². The van der Waals surface area contributed by atoms with Gasteiger partial charge in [0, 0.05) is 43.1 Å². The summed E-state index contributed by atoms with van der Waals surface area (Å²) < 4.78 is 27.0. The van der Waals surface area contributed by atoms with Crippen LogP contribution in [0, 0.1) is 0 Å². The molecule has 1 heterocycles. The van der Waals surface area contributed by atoms with E-state index in [-0.39, 0.29) is 21.4 Å². The number of sulfonamides is 1. The molecule has 0 atom stereocenters. The van der Waals surface area contributed by atoms with Gasteiger partial charge < -0.3 is 10.2 Å². The zero-order valence-electron chi connectivity index (χ0n) is 16.7. The molecule has 0 spiro atoms. The predicted molar refractivity (Wildman–Crippen MR) is 117 cm³/mol. The summed E-state index contributed by atoms with van der Waals surface area (Å²) in [7, 11) is -3.76. The Hall–Kier alpha value is -2.09. The summed E-state index contributed by atoms with van der Waals surface area (Å²) in [6, 6.07) is 12.0. The van der Waals surface area contributed by atoms with Crippen molar-refractivity contribution in [3.05, 3.63) is 53.1 Å². The average molecular weight is 436 g/mol. The summed E-state index contributed by atoms with van der Waals surface area (Å²) in [5.41, 5.74) is 1.98. The second-order valence-electron chi connectivity index (χ2n) is 6.93. The molecule has 1 fully saturated rings. The van der Waals surface area contributed by atoms with Crippen LogP contribution in [0.25, 0.3) is 0 Å². The molecule has 2 aromatic rings. The van der Waals surface area contributed by atoms with Crippen molar-refractivity contribution >= 4 is 38.9 Å². The van der Waals surface area contributed by atoms with Crippen LogP contribution in [-0.2, 0) is 10.0 Å². The fourth-order valence-corrected chi connectivity index (χ4v) is 5.46. The van der Waals surface area contributed by atoms with Crippen molar-refractivity contribution in [3.8, 4) is 0 Å². The molecule has 0 aliphatic carbocycles. The Morgan fingerprint density at radius 3 is 2.45 bits per heavy atom. The SMILES string of the molecule is CCN(CC)S(=O)(=O)c1cc(C(=O)Nc2cccc(N3CCCC3)c2)ccc1Cl. The lowest BCUT2D eigenvalue weighted by Gasteiger charge is -2.20. The number of rotatable bonds is 7. The maximum absolute atomic E-state index is 12.8. The highest BCUT2D eigenvalue weighted by Gasteiger charge is 2.25. The van der Waals surface area contributed by atoms with Gasteiger partial charge in [0.2, 0.25) is 10.0 Å². The lowest BCUT2D eigenvalue weighted by atomic mass is 10.2. The van der Waals surface area contributed by atoms with Gasteiger partial charge in [-0.1, -0.05) is 31.5 Å². The molecule has 0 saturated carbocycles. The molecule has 0 radical (unpaired) electrons. The van der Waals surface area contributed by atoms with Gasteiger partial charge in [0.25, 0.3) is 5.91 Å². The molecule has 1 amide bonds. The summed E-state index contributed by atoms with van der Waals surface area (Å²) in [6.07, 6.45) is 2.34. The van der Waals surface area contributed by atoms with E-state index in [9.17, 15) is 13.2 Å². The molecular weight excluding hydrogens is 410 g/mol. The first kappa shape index (κ1) is 21.6. The summed E-state index contributed by atoms with van der Waals surface area (Å²) in [5.74, 6) is -0.378. The summed E-state index contributed by atoms with van der Waals surface area (Å²) in [6.45, 7) is 6.21. The van der Waals surface area contributed by atoms with Crippen molar-refractivity contribution in [2.75, 3.05) is 36.4 Å². The number of hydrogen-bond donors (Lipinski definition) is 1. The minimum atomic E-state index is -3.76. The van der Waals surface area contributed by atoms with Gasteiger partial charge in [-0.25, -0.2) is 8.42 Å². The fourth-order valence-electron chi connectivity index (χ4n) is 3.50. The predicted octanol–water partition coefficient (Wildman–Crippen LogP) is 4.22. The van der Waals surface area contributed by atoms with Crippen LogP contribution < -0.4 is 10.2 Å². The number of nitrogens with zero attached hydrogens (tertiary/aromatic N) is 2. The Morgan fingerprint density at radius 1 is 1.10 bits per heavy atom. The number of nitrogens with one attached hydrogen (secondary N) is 1. The van der Waals surface area contributed by atoms with E-state index >= 15 is 0 Å². The van der Waals surface area contributed by atoms with Crippen LogP contribution in [0.4, 0.5) is 11.4 Å². The third-order valence-electron chi connectivity index (χ3n) is 5.09. The lowest BCUT2D eigenvalue weighted by Crippen LogP contribution is -2.31. The molecule has 0 aromatic heterocycles. The molecule has 29 heavy (non-hydrogen) atoms. The van der Waals surface area contributed by atoms with Crippen LogP contribution in [-0.4, -0.2) is 44.8 Å². The topological polar surface area (TPSA) is 69.7 Å². The van der Waals surface area contributed by atoms with E-state index in [2.05, 4.69) is 10.2 Å². The summed E-state index contributed by atoms with van der Waals surface area (Å²) >= 11 is 6.15. The molecule has 8 heteroatoms. The van der Waals surface area contributed by atoms with Crippen LogP contribution in [0.5, 0.6) is 0 Å². The van der Waals surface area contributed by atoms with E-state index in [0.29, 0.717) is 18.8 Å². The molecule has 0 bridgehead atoms.